The van der Waals surface area contributed by atoms with Crippen molar-refractivity contribution in [1.29, 1.82) is 0 Å². The number of hydrogen-bond acceptors (Lipinski definition) is 2. The molecule has 1 aromatic rings. The van der Waals surface area contributed by atoms with E-state index in [-0.39, 0.29) is 0 Å². The molecule has 0 unspecified atom stereocenters. The quantitative estimate of drug-likeness (QED) is 0.719. The van der Waals surface area contributed by atoms with Crippen LogP contribution in [0.1, 0.15) is 50.7 Å². The summed E-state index contributed by atoms with van der Waals surface area (Å²) in [5.41, 5.74) is 1.77. The number of aryl methyl sites for hydroxylation is 2. The second kappa shape index (κ2) is 7.32. The maximum Gasteiger partial charge on any atom is 0.309 e. The van der Waals surface area contributed by atoms with Crippen molar-refractivity contribution >= 4 is 5.97 Å². The van der Waals surface area contributed by atoms with Gasteiger partial charge < -0.3 is 9.84 Å². The van der Waals surface area contributed by atoms with Gasteiger partial charge in [0.25, 0.3) is 0 Å². The van der Waals surface area contributed by atoms with Crippen LogP contribution in [0.15, 0.2) is 18.2 Å². The first-order chi connectivity index (χ1) is 9.43. The molecule has 3 heteroatoms. The maximum atomic E-state index is 11.4. The lowest BCUT2D eigenvalue weighted by Crippen LogP contribution is -2.30. The fraction of sp³-hybridized carbons (Fsp3) is 0.588. The monoisotopic (exact) mass is 278 g/mol. The van der Waals surface area contributed by atoms with Gasteiger partial charge in [0.1, 0.15) is 5.75 Å². The maximum absolute atomic E-state index is 11.4. The fourth-order valence-corrected chi connectivity index (χ4v) is 2.63. The van der Waals surface area contributed by atoms with Crippen LogP contribution in [0.5, 0.6) is 5.75 Å². The molecule has 20 heavy (non-hydrogen) atoms. The molecule has 0 spiro atoms. The summed E-state index contributed by atoms with van der Waals surface area (Å²) in [4.78, 5) is 11.4. The number of benzene rings is 1. The van der Waals surface area contributed by atoms with E-state index >= 15 is 0 Å². The summed E-state index contributed by atoms with van der Waals surface area (Å²) in [6, 6.07) is 6.13. The van der Waals surface area contributed by atoms with Crippen molar-refractivity contribution in [3.63, 3.8) is 0 Å². The van der Waals surface area contributed by atoms with Crippen molar-refractivity contribution in [1.82, 2.24) is 0 Å². The molecule has 1 N–H and O–H groups in total. The SMILES string of the molecule is CCC(CC)(CCCOc1cc(C)cc(C)c1)C(=O)O. The van der Waals surface area contributed by atoms with Gasteiger partial charge in [0.2, 0.25) is 0 Å². The van der Waals surface area contributed by atoms with Crippen LogP contribution in [-0.2, 0) is 4.79 Å². The zero-order valence-electron chi connectivity index (χ0n) is 13.0. The summed E-state index contributed by atoms with van der Waals surface area (Å²) in [5, 5.41) is 9.37. The lowest BCUT2D eigenvalue weighted by atomic mass is 9.78. The topological polar surface area (TPSA) is 46.5 Å². The van der Waals surface area contributed by atoms with Crippen molar-refractivity contribution in [2.24, 2.45) is 5.41 Å². The molecule has 0 aromatic heterocycles. The average Bonchev–Trinajstić information content (AvgIpc) is 2.38. The minimum atomic E-state index is -0.686. The Morgan fingerprint density at radius 1 is 1.15 bits per heavy atom. The highest BCUT2D eigenvalue weighted by Gasteiger charge is 2.33. The first-order valence-corrected chi connectivity index (χ1v) is 7.38. The number of carbonyl (C=O) groups is 1. The fourth-order valence-electron chi connectivity index (χ4n) is 2.63. The molecule has 0 heterocycles. The van der Waals surface area contributed by atoms with Crippen molar-refractivity contribution in [3.8, 4) is 5.75 Å². The standard InChI is InChI=1S/C17H26O3/c1-5-17(6-2,16(18)19)8-7-9-20-15-11-13(3)10-14(4)12-15/h10-12H,5-9H2,1-4H3,(H,18,19). The Kier molecular flexibility index (Phi) is 6.05. The van der Waals surface area contributed by atoms with Gasteiger partial charge in [-0.05, 0) is 62.8 Å². The summed E-state index contributed by atoms with van der Waals surface area (Å²) in [7, 11) is 0. The largest absolute Gasteiger partial charge is 0.494 e. The van der Waals surface area contributed by atoms with Crippen molar-refractivity contribution in [3.05, 3.63) is 29.3 Å². The third-order valence-electron chi connectivity index (χ3n) is 4.07. The molecular formula is C17H26O3. The third-order valence-corrected chi connectivity index (χ3v) is 4.07. The summed E-state index contributed by atoms with van der Waals surface area (Å²) >= 11 is 0. The van der Waals surface area contributed by atoms with Crippen LogP contribution in [0.3, 0.4) is 0 Å². The number of hydrogen-bond donors (Lipinski definition) is 1. The molecule has 0 amide bonds. The summed E-state index contributed by atoms with van der Waals surface area (Å²) in [6.07, 6.45) is 2.77. The zero-order valence-corrected chi connectivity index (χ0v) is 13.0. The molecule has 0 saturated carbocycles. The van der Waals surface area contributed by atoms with Gasteiger partial charge in [-0.25, -0.2) is 0 Å². The summed E-state index contributed by atoms with van der Waals surface area (Å²) < 4.78 is 5.74. The van der Waals surface area contributed by atoms with Gasteiger partial charge in [-0.3, -0.25) is 4.79 Å². The summed E-state index contributed by atoms with van der Waals surface area (Å²) in [5.74, 6) is 0.185. The lowest BCUT2D eigenvalue weighted by molar-refractivity contribution is -0.150. The van der Waals surface area contributed by atoms with Crippen LogP contribution in [-0.4, -0.2) is 17.7 Å². The molecule has 112 valence electrons. The van der Waals surface area contributed by atoms with Gasteiger partial charge in [-0.15, -0.1) is 0 Å². The Bertz CT molecular complexity index is 427. The Morgan fingerprint density at radius 3 is 2.15 bits per heavy atom. The van der Waals surface area contributed by atoms with Crippen LogP contribution in [0.4, 0.5) is 0 Å². The highest BCUT2D eigenvalue weighted by atomic mass is 16.5. The predicted molar refractivity (Wildman–Crippen MR) is 81.3 cm³/mol. The lowest BCUT2D eigenvalue weighted by Gasteiger charge is -2.26. The van der Waals surface area contributed by atoms with E-state index in [1.807, 2.05) is 39.8 Å². The minimum Gasteiger partial charge on any atom is -0.494 e. The van der Waals surface area contributed by atoms with E-state index in [4.69, 9.17) is 4.74 Å². The molecule has 0 fully saturated rings. The molecule has 0 aliphatic heterocycles. The molecule has 0 atom stereocenters. The smallest absolute Gasteiger partial charge is 0.309 e. The van der Waals surface area contributed by atoms with Gasteiger partial charge in [0, 0.05) is 0 Å². The van der Waals surface area contributed by atoms with Gasteiger partial charge >= 0.3 is 5.97 Å². The Hall–Kier alpha value is -1.51. The highest BCUT2D eigenvalue weighted by Crippen LogP contribution is 2.32. The zero-order chi connectivity index (χ0) is 15.2. The van der Waals surface area contributed by atoms with E-state index in [1.165, 1.54) is 11.1 Å². The number of carboxylic acids is 1. The molecule has 0 aliphatic carbocycles. The van der Waals surface area contributed by atoms with E-state index in [1.54, 1.807) is 0 Å². The Labute approximate surface area is 122 Å². The third kappa shape index (κ3) is 4.26. The van der Waals surface area contributed by atoms with E-state index in [0.717, 1.165) is 12.2 Å². The average molecular weight is 278 g/mol. The minimum absolute atomic E-state index is 0.567. The predicted octanol–water partition coefficient (Wildman–Crippen LogP) is 4.35. The van der Waals surface area contributed by atoms with Crippen LogP contribution in [0.2, 0.25) is 0 Å². The second-order valence-electron chi connectivity index (χ2n) is 5.57. The van der Waals surface area contributed by atoms with E-state index in [2.05, 4.69) is 6.07 Å². The van der Waals surface area contributed by atoms with Crippen LogP contribution < -0.4 is 4.74 Å². The highest BCUT2D eigenvalue weighted by molar-refractivity contribution is 5.74. The first kappa shape index (κ1) is 16.5. The number of carboxylic acid groups (broad SMARTS) is 1. The Morgan fingerprint density at radius 2 is 1.70 bits per heavy atom. The van der Waals surface area contributed by atoms with Crippen molar-refractivity contribution < 1.29 is 14.6 Å². The Balaban J connectivity index is 2.50. The molecule has 3 nitrogen and oxygen atoms in total. The van der Waals surface area contributed by atoms with Gasteiger partial charge in [-0.2, -0.15) is 0 Å². The van der Waals surface area contributed by atoms with E-state index < -0.39 is 11.4 Å². The molecule has 0 radical (unpaired) electrons. The molecule has 1 rings (SSSR count). The normalized spacial score (nSPS) is 11.4. The molecular weight excluding hydrogens is 252 g/mol. The molecule has 0 saturated heterocycles. The number of aliphatic carboxylic acids is 1. The van der Waals surface area contributed by atoms with Crippen LogP contribution in [0.25, 0.3) is 0 Å². The van der Waals surface area contributed by atoms with Crippen LogP contribution >= 0.6 is 0 Å². The van der Waals surface area contributed by atoms with Crippen molar-refractivity contribution in [2.75, 3.05) is 6.61 Å². The van der Waals surface area contributed by atoms with Gasteiger partial charge in [0.05, 0.1) is 12.0 Å². The van der Waals surface area contributed by atoms with E-state index in [0.29, 0.717) is 25.9 Å². The second-order valence-corrected chi connectivity index (χ2v) is 5.57. The molecule has 0 aliphatic rings. The first-order valence-electron chi connectivity index (χ1n) is 7.38. The molecule has 0 bridgehead atoms. The van der Waals surface area contributed by atoms with E-state index in [9.17, 15) is 9.90 Å². The van der Waals surface area contributed by atoms with Crippen molar-refractivity contribution in [2.45, 2.75) is 53.4 Å². The van der Waals surface area contributed by atoms with Gasteiger partial charge in [-0.1, -0.05) is 19.9 Å². The summed E-state index contributed by atoms with van der Waals surface area (Å²) in [6.45, 7) is 8.55. The number of ether oxygens (including phenoxy) is 1. The van der Waals surface area contributed by atoms with Gasteiger partial charge in [0.15, 0.2) is 0 Å². The molecule has 1 aromatic carbocycles. The number of rotatable bonds is 8. The van der Waals surface area contributed by atoms with Crippen LogP contribution in [0, 0.1) is 19.3 Å².